The van der Waals surface area contributed by atoms with Crippen molar-refractivity contribution in [2.24, 2.45) is 10.2 Å². The third kappa shape index (κ3) is 7.70. The van der Waals surface area contributed by atoms with Crippen LogP contribution in [0.1, 0.15) is 31.9 Å². The van der Waals surface area contributed by atoms with Crippen LogP contribution in [0.2, 0.25) is 0 Å². The molecular weight excluding hydrogens is 458 g/mol. The molecule has 0 aromatic heterocycles. The SMILES string of the molecule is COC(=O)/C=C1/S/C(=N\N=Cc2cccc(CN3CCN(C(=O)OC(C)(C)C)CC3)c2)NC1=O. The van der Waals surface area contributed by atoms with E-state index < -0.39 is 17.5 Å². The highest BCUT2D eigenvalue weighted by Gasteiger charge is 2.26. The van der Waals surface area contributed by atoms with E-state index in [0.717, 1.165) is 48.6 Å². The van der Waals surface area contributed by atoms with Crippen molar-refractivity contribution in [2.75, 3.05) is 33.3 Å². The lowest BCUT2D eigenvalue weighted by atomic mass is 10.1. The predicted molar refractivity (Wildman–Crippen MR) is 130 cm³/mol. The molecule has 1 N–H and O–H groups in total. The Balaban J connectivity index is 1.52. The number of nitrogens with one attached hydrogen (secondary N) is 1. The number of amidine groups is 1. The van der Waals surface area contributed by atoms with Gasteiger partial charge in [-0.2, -0.15) is 5.10 Å². The van der Waals surface area contributed by atoms with E-state index in [1.807, 2.05) is 45.0 Å². The number of hydrogen-bond acceptors (Lipinski definition) is 9. The lowest BCUT2D eigenvalue weighted by molar-refractivity contribution is -0.135. The number of ether oxygens (including phenoxy) is 2. The van der Waals surface area contributed by atoms with E-state index in [9.17, 15) is 14.4 Å². The number of benzene rings is 1. The van der Waals surface area contributed by atoms with Crippen LogP contribution in [-0.2, 0) is 25.6 Å². The highest BCUT2D eigenvalue weighted by atomic mass is 32.2. The first-order chi connectivity index (χ1) is 16.1. The van der Waals surface area contributed by atoms with Gasteiger partial charge in [0.2, 0.25) is 0 Å². The van der Waals surface area contributed by atoms with Crippen molar-refractivity contribution in [3.05, 3.63) is 46.4 Å². The smallest absolute Gasteiger partial charge is 0.410 e. The number of thioether (sulfide) groups is 1. The number of nitrogens with zero attached hydrogens (tertiary/aromatic N) is 4. The second-order valence-corrected chi connectivity index (χ2v) is 9.76. The van der Waals surface area contributed by atoms with Crippen LogP contribution in [0.25, 0.3) is 0 Å². The van der Waals surface area contributed by atoms with Crippen molar-refractivity contribution < 1.29 is 23.9 Å². The van der Waals surface area contributed by atoms with Gasteiger partial charge in [0.1, 0.15) is 5.60 Å². The summed E-state index contributed by atoms with van der Waals surface area (Å²) in [6, 6.07) is 7.92. The first-order valence-electron chi connectivity index (χ1n) is 10.8. The summed E-state index contributed by atoms with van der Waals surface area (Å²) in [6.07, 6.45) is 2.45. The molecule has 0 radical (unpaired) electrons. The molecule has 182 valence electrons. The van der Waals surface area contributed by atoms with Crippen molar-refractivity contribution >= 4 is 41.1 Å². The fraction of sp³-hybridized carbons (Fsp3) is 0.435. The van der Waals surface area contributed by atoms with E-state index in [0.29, 0.717) is 13.1 Å². The van der Waals surface area contributed by atoms with Gasteiger partial charge < -0.3 is 14.4 Å². The molecule has 0 unspecified atom stereocenters. The largest absolute Gasteiger partial charge is 0.466 e. The van der Waals surface area contributed by atoms with E-state index in [1.54, 1.807) is 11.1 Å². The van der Waals surface area contributed by atoms with Crippen molar-refractivity contribution in [2.45, 2.75) is 32.9 Å². The highest BCUT2D eigenvalue weighted by Crippen LogP contribution is 2.23. The predicted octanol–water partition coefficient (Wildman–Crippen LogP) is 2.35. The van der Waals surface area contributed by atoms with Gasteiger partial charge in [-0.1, -0.05) is 18.2 Å². The number of esters is 1. The fourth-order valence-corrected chi connectivity index (χ4v) is 3.97. The van der Waals surface area contributed by atoms with Crippen molar-refractivity contribution in [3.63, 3.8) is 0 Å². The molecule has 2 fully saturated rings. The summed E-state index contributed by atoms with van der Waals surface area (Å²) in [5.41, 5.74) is 1.49. The van der Waals surface area contributed by atoms with Crippen LogP contribution in [-0.4, -0.2) is 78.0 Å². The van der Waals surface area contributed by atoms with Crippen molar-refractivity contribution in [1.82, 2.24) is 15.1 Å². The molecule has 0 spiro atoms. The van der Waals surface area contributed by atoms with Crippen molar-refractivity contribution in [3.8, 4) is 0 Å². The molecule has 34 heavy (non-hydrogen) atoms. The van der Waals surface area contributed by atoms with Gasteiger partial charge in [0.25, 0.3) is 5.91 Å². The summed E-state index contributed by atoms with van der Waals surface area (Å²) < 4.78 is 9.98. The summed E-state index contributed by atoms with van der Waals surface area (Å²) in [5.74, 6) is -1.02. The minimum atomic E-state index is -0.606. The normalized spacial score (nSPS) is 19.6. The number of carbonyl (C=O) groups excluding carboxylic acids is 3. The minimum absolute atomic E-state index is 0.203. The summed E-state index contributed by atoms with van der Waals surface area (Å²) in [4.78, 5) is 39.6. The molecule has 2 amide bonds. The molecule has 2 heterocycles. The molecule has 3 rings (SSSR count). The van der Waals surface area contributed by atoms with Crippen LogP contribution in [0.5, 0.6) is 0 Å². The Morgan fingerprint density at radius 1 is 1.21 bits per heavy atom. The Kier molecular flexibility index (Phi) is 8.46. The number of carbonyl (C=O) groups is 3. The molecule has 0 aliphatic carbocycles. The number of methoxy groups -OCH3 is 1. The summed E-state index contributed by atoms with van der Waals surface area (Å²) in [7, 11) is 1.24. The molecule has 11 heteroatoms. The number of hydrogen-bond donors (Lipinski definition) is 1. The van der Waals surface area contributed by atoms with Gasteiger partial charge >= 0.3 is 12.1 Å². The topological polar surface area (TPSA) is 113 Å². The van der Waals surface area contributed by atoms with E-state index in [-0.39, 0.29) is 16.2 Å². The summed E-state index contributed by atoms with van der Waals surface area (Å²) in [5, 5.41) is 10.9. The Labute approximate surface area is 203 Å². The maximum absolute atomic E-state index is 12.2. The minimum Gasteiger partial charge on any atom is -0.466 e. The average Bonchev–Trinajstić information content (AvgIpc) is 3.12. The van der Waals surface area contributed by atoms with Gasteiger partial charge in [-0.15, -0.1) is 5.10 Å². The molecule has 0 atom stereocenters. The third-order valence-electron chi connectivity index (χ3n) is 4.84. The van der Waals surface area contributed by atoms with Gasteiger partial charge in [0.15, 0.2) is 5.17 Å². The molecule has 0 saturated carbocycles. The molecule has 10 nitrogen and oxygen atoms in total. The Hall–Kier alpha value is -3.18. The van der Waals surface area contributed by atoms with Gasteiger partial charge in [-0.25, -0.2) is 9.59 Å². The van der Waals surface area contributed by atoms with Gasteiger partial charge in [-0.3, -0.25) is 15.0 Å². The maximum Gasteiger partial charge on any atom is 0.410 e. The molecule has 1 aromatic rings. The molecule has 2 saturated heterocycles. The number of piperazine rings is 1. The zero-order valence-corrected chi connectivity index (χ0v) is 20.6. The second kappa shape index (κ2) is 11.3. The quantitative estimate of drug-likeness (QED) is 0.294. The number of rotatable bonds is 5. The fourth-order valence-electron chi connectivity index (χ4n) is 3.23. The van der Waals surface area contributed by atoms with E-state index in [1.165, 1.54) is 7.11 Å². The Bertz CT molecular complexity index is 1020. The van der Waals surface area contributed by atoms with Crippen LogP contribution in [0.15, 0.2) is 45.4 Å². The highest BCUT2D eigenvalue weighted by molar-refractivity contribution is 8.18. The Morgan fingerprint density at radius 2 is 1.94 bits per heavy atom. The van der Waals surface area contributed by atoms with Gasteiger partial charge in [0.05, 0.1) is 18.2 Å². The lowest BCUT2D eigenvalue weighted by Gasteiger charge is -2.35. The van der Waals surface area contributed by atoms with E-state index in [2.05, 4.69) is 25.2 Å². The lowest BCUT2D eigenvalue weighted by Crippen LogP contribution is -2.49. The van der Waals surface area contributed by atoms with Crippen LogP contribution >= 0.6 is 11.8 Å². The molecule has 2 aliphatic heterocycles. The summed E-state index contributed by atoms with van der Waals surface area (Å²) in [6.45, 7) is 9.15. The number of amides is 2. The standard InChI is InChI=1S/C23H29N5O5S/c1-23(2,3)33-22(31)28-10-8-27(9-11-28)15-17-7-5-6-16(12-17)14-24-26-21-25-20(30)18(34-21)13-19(29)32-4/h5-7,12-14H,8-11,15H2,1-4H3,(H,25,26,30)/b18-13+,24-14?. The van der Waals surface area contributed by atoms with E-state index in [4.69, 9.17) is 4.74 Å². The van der Waals surface area contributed by atoms with Gasteiger partial charge in [-0.05, 0) is 49.7 Å². The monoisotopic (exact) mass is 487 g/mol. The first-order valence-corrected chi connectivity index (χ1v) is 11.6. The van der Waals surface area contributed by atoms with E-state index >= 15 is 0 Å². The molecule has 0 bridgehead atoms. The zero-order valence-electron chi connectivity index (χ0n) is 19.7. The van der Waals surface area contributed by atoms with Crippen LogP contribution < -0.4 is 5.32 Å². The first kappa shape index (κ1) is 25.4. The Morgan fingerprint density at radius 3 is 2.62 bits per heavy atom. The summed E-state index contributed by atoms with van der Waals surface area (Å²) >= 11 is 1.02. The average molecular weight is 488 g/mol. The molecule has 1 aromatic carbocycles. The van der Waals surface area contributed by atoms with Crippen LogP contribution in [0.3, 0.4) is 0 Å². The zero-order chi connectivity index (χ0) is 24.7. The third-order valence-corrected chi connectivity index (χ3v) is 5.74. The second-order valence-electron chi connectivity index (χ2n) is 8.73. The van der Waals surface area contributed by atoms with Crippen LogP contribution in [0, 0.1) is 0 Å². The molecule has 2 aliphatic rings. The maximum atomic E-state index is 12.2. The van der Waals surface area contributed by atoms with Gasteiger partial charge in [0, 0.05) is 38.8 Å². The van der Waals surface area contributed by atoms with Crippen molar-refractivity contribution in [1.29, 1.82) is 0 Å². The molecular formula is C23H29N5O5S. The van der Waals surface area contributed by atoms with Crippen LogP contribution in [0.4, 0.5) is 4.79 Å².